The third-order valence-electron chi connectivity index (χ3n) is 6.12. The van der Waals surface area contributed by atoms with Crippen molar-refractivity contribution in [2.24, 2.45) is 0 Å². The van der Waals surface area contributed by atoms with Crippen LogP contribution >= 0.6 is 0 Å². The maximum absolute atomic E-state index is 13.4. The number of aryl methyl sites for hydroxylation is 2. The lowest BCUT2D eigenvalue weighted by atomic mass is 10.0. The molecule has 1 atom stereocenters. The third-order valence-corrected chi connectivity index (χ3v) is 6.12. The lowest BCUT2D eigenvalue weighted by Crippen LogP contribution is -2.41. The zero-order valence-electron chi connectivity index (χ0n) is 19.0. The fourth-order valence-electron chi connectivity index (χ4n) is 4.71. The van der Waals surface area contributed by atoms with Gasteiger partial charge in [-0.25, -0.2) is 0 Å². The SMILES string of the molecule is Cc1cc(C)cc(N(CCC#N)C(=O)CN2CCCC2c2ccc3c(c2)OCCCO3)c1. The average Bonchev–Trinajstić information content (AvgIpc) is 3.08. The Hall–Kier alpha value is -3.04. The molecule has 2 aromatic carbocycles. The van der Waals surface area contributed by atoms with Crippen LogP contribution in [0.3, 0.4) is 0 Å². The molecule has 1 unspecified atom stereocenters. The number of benzene rings is 2. The van der Waals surface area contributed by atoms with Gasteiger partial charge in [0.25, 0.3) is 0 Å². The molecule has 2 aromatic rings. The molecule has 1 saturated heterocycles. The Morgan fingerprint density at radius 3 is 2.59 bits per heavy atom. The Bertz CT molecular complexity index is 994. The summed E-state index contributed by atoms with van der Waals surface area (Å²) in [7, 11) is 0. The van der Waals surface area contributed by atoms with E-state index in [9.17, 15) is 4.79 Å². The van der Waals surface area contributed by atoms with Gasteiger partial charge in [-0.3, -0.25) is 9.69 Å². The molecule has 168 valence electrons. The van der Waals surface area contributed by atoms with Crippen molar-refractivity contribution in [3.8, 4) is 17.6 Å². The number of carbonyl (C=O) groups is 1. The Kier molecular flexibility index (Phi) is 6.96. The molecule has 0 bridgehead atoms. The normalized spacial score (nSPS) is 18.1. The number of fused-ring (bicyclic) bond motifs is 1. The van der Waals surface area contributed by atoms with E-state index in [1.807, 2.05) is 32.0 Å². The minimum Gasteiger partial charge on any atom is -0.490 e. The largest absolute Gasteiger partial charge is 0.490 e. The summed E-state index contributed by atoms with van der Waals surface area (Å²) in [5.74, 6) is 1.62. The fraction of sp³-hybridized carbons (Fsp3) is 0.462. The van der Waals surface area contributed by atoms with Crippen molar-refractivity contribution in [1.29, 1.82) is 5.26 Å². The maximum atomic E-state index is 13.4. The summed E-state index contributed by atoms with van der Waals surface area (Å²) in [5, 5.41) is 9.12. The van der Waals surface area contributed by atoms with Gasteiger partial charge in [-0.15, -0.1) is 0 Å². The van der Waals surface area contributed by atoms with E-state index in [4.69, 9.17) is 14.7 Å². The molecule has 0 aromatic heterocycles. The van der Waals surface area contributed by atoms with E-state index in [0.717, 1.165) is 59.7 Å². The topological polar surface area (TPSA) is 65.8 Å². The second-order valence-corrected chi connectivity index (χ2v) is 8.68. The molecule has 4 rings (SSSR count). The number of hydrogen-bond donors (Lipinski definition) is 0. The van der Waals surface area contributed by atoms with Crippen LogP contribution in [-0.2, 0) is 4.79 Å². The summed E-state index contributed by atoms with van der Waals surface area (Å²) in [6.07, 6.45) is 3.25. The minimum absolute atomic E-state index is 0.0338. The molecule has 0 N–H and O–H groups in total. The van der Waals surface area contributed by atoms with Crippen molar-refractivity contribution in [3.05, 3.63) is 53.1 Å². The summed E-state index contributed by atoms with van der Waals surface area (Å²) in [4.78, 5) is 17.4. The van der Waals surface area contributed by atoms with Gasteiger partial charge in [-0.2, -0.15) is 5.26 Å². The lowest BCUT2D eigenvalue weighted by molar-refractivity contribution is -0.120. The first-order valence-electron chi connectivity index (χ1n) is 11.4. The highest BCUT2D eigenvalue weighted by molar-refractivity contribution is 5.95. The van der Waals surface area contributed by atoms with Gasteiger partial charge < -0.3 is 14.4 Å². The van der Waals surface area contributed by atoms with Gasteiger partial charge >= 0.3 is 0 Å². The molecular weight excluding hydrogens is 402 g/mol. The Morgan fingerprint density at radius 2 is 1.84 bits per heavy atom. The van der Waals surface area contributed by atoms with Crippen LogP contribution in [0.2, 0.25) is 0 Å². The fourth-order valence-corrected chi connectivity index (χ4v) is 4.71. The first-order chi connectivity index (χ1) is 15.5. The number of carbonyl (C=O) groups excluding carboxylic acids is 1. The van der Waals surface area contributed by atoms with Crippen molar-refractivity contribution in [1.82, 2.24) is 4.90 Å². The molecule has 0 radical (unpaired) electrons. The van der Waals surface area contributed by atoms with Gasteiger partial charge in [-0.05, 0) is 74.2 Å². The van der Waals surface area contributed by atoms with Crippen molar-refractivity contribution < 1.29 is 14.3 Å². The Morgan fingerprint density at radius 1 is 1.09 bits per heavy atom. The highest BCUT2D eigenvalue weighted by atomic mass is 16.5. The van der Waals surface area contributed by atoms with Gasteiger partial charge in [0, 0.05) is 24.7 Å². The molecule has 32 heavy (non-hydrogen) atoms. The first-order valence-corrected chi connectivity index (χ1v) is 11.4. The molecule has 2 aliphatic rings. The first kappa shape index (κ1) is 22.2. The van der Waals surface area contributed by atoms with Crippen LogP contribution in [0.25, 0.3) is 0 Å². The van der Waals surface area contributed by atoms with Crippen LogP contribution in [0, 0.1) is 25.2 Å². The standard InChI is InChI=1S/C26H31N3O3/c1-19-14-20(2)16-22(15-19)29(11-4-9-27)26(30)18-28-10-3-6-23(28)21-7-8-24-25(17-21)32-13-5-12-31-24/h7-8,14-17,23H,3-6,10-13,18H2,1-2H3. The van der Waals surface area contributed by atoms with Crippen molar-refractivity contribution >= 4 is 11.6 Å². The molecule has 0 saturated carbocycles. The van der Waals surface area contributed by atoms with E-state index >= 15 is 0 Å². The van der Waals surface area contributed by atoms with Crippen LogP contribution in [0.15, 0.2) is 36.4 Å². The monoisotopic (exact) mass is 433 g/mol. The minimum atomic E-state index is 0.0338. The number of rotatable bonds is 6. The average molecular weight is 434 g/mol. The molecule has 2 aliphatic heterocycles. The number of hydrogen-bond acceptors (Lipinski definition) is 5. The zero-order valence-corrected chi connectivity index (χ0v) is 19.0. The maximum Gasteiger partial charge on any atom is 0.241 e. The highest BCUT2D eigenvalue weighted by Crippen LogP contribution is 2.38. The smallest absolute Gasteiger partial charge is 0.241 e. The van der Waals surface area contributed by atoms with Gasteiger partial charge in [0.2, 0.25) is 5.91 Å². The zero-order chi connectivity index (χ0) is 22.5. The predicted molar refractivity (Wildman–Crippen MR) is 124 cm³/mol. The number of nitrogens with zero attached hydrogens (tertiary/aromatic N) is 3. The quantitative estimate of drug-likeness (QED) is 0.669. The summed E-state index contributed by atoms with van der Waals surface area (Å²) >= 11 is 0. The Balaban J connectivity index is 1.53. The molecule has 0 aliphatic carbocycles. The summed E-state index contributed by atoms with van der Waals surface area (Å²) in [5.41, 5.74) is 4.26. The van der Waals surface area contributed by atoms with Crippen molar-refractivity contribution in [2.45, 2.75) is 45.6 Å². The lowest BCUT2D eigenvalue weighted by Gasteiger charge is -2.29. The van der Waals surface area contributed by atoms with Gasteiger partial charge in [0.15, 0.2) is 11.5 Å². The van der Waals surface area contributed by atoms with Crippen LogP contribution in [0.1, 0.15) is 48.4 Å². The third kappa shape index (κ3) is 5.05. The van der Waals surface area contributed by atoms with Gasteiger partial charge in [0.1, 0.15) is 0 Å². The van der Waals surface area contributed by atoms with E-state index in [1.165, 1.54) is 0 Å². The number of likely N-dealkylation sites (tertiary alicyclic amines) is 1. The van der Waals surface area contributed by atoms with E-state index in [0.29, 0.717) is 32.7 Å². The Labute approximate surface area is 190 Å². The van der Waals surface area contributed by atoms with Crippen molar-refractivity contribution in [2.75, 3.05) is 37.7 Å². The van der Waals surface area contributed by atoms with E-state index in [2.05, 4.69) is 29.2 Å². The second-order valence-electron chi connectivity index (χ2n) is 8.68. The molecular formula is C26H31N3O3. The summed E-state index contributed by atoms with van der Waals surface area (Å²) < 4.78 is 11.6. The molecule has 1 amide bonds. The van der Waals surface area contributed by atoms with Crippen LogP contribution < -0.4 is 14.4 Å². The molecule has 6 nitrogen and oxygen atoms in total. The number of amides is 1. The van der Waals surface area contributed by atoms with E-state index < -0.39 is 0 Å². The predicted octanol–water partition coefficient (Wildman–Crippen LogP) is 4.55. The van der Waals surface area contributed by atoms with Gasteiger partial charge in [-0.1, -0.05) is 12.1 Å². The summed E-state index contributed by atoms with van der Waals surface area (Å²) in [6, 6.07) is 14.7. The second kappa shape index (κ2) is 10.1. The van der Waals surface area contributed by atoms with E-state index in [-0.39, 0.29) is 11.9 Å². The number of nitriles is 1. The van der Waals surface area contributed by atoms with Gasteiger partial charge in [0.05, 0.1) is 32.2 Å². The number of ether oxygens (including phenoxy) is 2. The molecule has 2 heterocycles. The highest BCUT2D eigenvalue weighted by Gasteiger charge is 2.30. The van der Waals surface area contributed by atoms with Crippen LogP contribution in [-0.4, -0.2) is 43.7 Å². The van der Waals surface area contributed by atoms with Crippen molar-refractivity contribution in [3.63, 3.8) is 0 Å². The molecule has 1 fully saturated rings. The van der Waals surface area contributed by atoms with Crippen LogP contribution in [0.4, 0.5) is 5.69 Å². The van der Waals surface area contributed by atoms with Crippen LogP contribution in [0.5, 0.6) is 11.5 Å². The van der Waals surface area contributed by atoms with E-state index in [1.54, 1.807) is 4.90 Å². The molecule has 0 spiro atoms. The summed E-state index contributed by atoms with van der Waals surface area (Å²) in [6.45, 7) is 7.01. The molecule has 6 heteroatoms. The number of anilines is 1.